The van der Waals surface area contributed by atoms with E-state index in [2.05, 4.69) is 4.90 Å². The minimum Gasteiger partial charge on any atom is -0.346 e. The second-order valence-electron chi connectivity index (χ2n) is 5.08. The Hall–Kier alpha value is -0.950. The van der Waals surface area contributed by atoms with Crippen LogP contribution in [0.2, 0.25) is 0 Å². The normalized spacial score (nSPS) is 29.3. The maximum atomic E-state index is 12.4. The van der Waals surface area contributed by atoms with Crippen molar-refractivity contribution in [3.63, 3.8) is 0 Å². The summed E-state index contributed by atoms with van der Waals surface area (Å²) in [7, 11) is -1.32. The number of sulfonamides is 1. The van der Waals surface area contributed by atoms with Crippen molar-refractivity contribution in [3.05, 3.63) is 35.9 Å². The van der Waals surface area contributed by atoms with Gasteiger partial charge in [-0.2, -0.15) is 4.31 Å². The molecule has 0 unspecified atom stereocenters. The first-order chi connectivity index (χ1) is 9.09. The number of benzene rings is 1. The van der Waals surface area contributed by atoms with Crippen molar-refractivity contribution in [2.24, 2.45) is 0 Å². The Morgan fingerprint density at radius 2 is 1.74 bits per heavy atom. The SMILES string of the molecule is CN1CCN(S(=O)(=O)[C@@H]2O[C@@H]2c2ccccc2)CC1. The molecule has 0 aromatic heterocycles. The van der Waals surface area contributed by atoms with Crippen LogP contribution in [-0.2, 0) is 14.8 Å². The molecule has 2 fully saturated rings. The molecule has 0 bridgehead atoms. The first-order valence-electron chi connectivity index (χ1n) is 6.47. The number of hydrogen-bond acceptors (Lipinski definition) is 4. The maximum absolute atomic E-state index is 12.4. The highest BCUT2D eigenvalue weighted by Gasteiger charge is 2.52. The molecule has 2 aliphatic heterocycles. The molecule has 0 amide bonds. The highest BCUT2D eigenvalue weighted by Crippen LogP contribution is 2.43. The molecule has 0 N–H and O–H groups in total. The van der Waals surface area contributed by atoms with Crippen LogP contribution in [-0.4, -0.2) is 56.3 Å². The summed E-state index contributed by atoms with van der Waals surface area (Å²) in [6.45, 7) is 2.67. The third-order valence-corrected chi connectivity index (χ3v) is 5.73. The third kappa shape index (κ3) is 2.53. The van der Waals surface area contributed by atoms with Gasteiger partial charge in [0.1, 0.15) is 6.10 Å². The maximum Gasteiger partial charge on any atom is 0.244 e. The van der Waals surface area contributed by atoms with Gasteiger partial charge in [-0.15, -0.1) is 0 Å². The molecule has 0 spiro atoms. The molecule has 6 heteroatoms. The topological polar surface area (TPSA) is 53.2 Å². The first-order valence-corrected chi connectivity index (χ1v) is 7.97. The standard InChI is InChI=1S/C13H18N2O3S/c1-14-7-9-15(10-8-14)19(16,17)13-12(18-13)11-5-3-2-4-6-11/h2-6,12-13H,7-10H2,1H3/t12-,13+/m1/s1. The fourth-order valence-corrected chi connectivity index (χ4v) is 4.09. The molecular weight excluding hydrogens is 264 g/mol. The lowest BCUT2D eigenvalue weighted by Crippen LogP contribution is -2.48. The smallest absolute Gasteiger partial charge is 0.244 e. The molecular formula is C13H18N2O3S. The lowest BCUT2D eigenvalue weighted by atomic mass is 10.2. The zero-order valence-corrected chi connectivity index (χ0v) is 11.7. The summed E-state index contributed by atoms with van der Waals surface area (Å²) in [4.78, 5) is 2.13. The second kappa shape index (κ2) is 4.86. The lowest BCUT2D eigenvalue weighted by Gasteiger charge is -2.31. The van der Waals surface area contributed by atoms with Gasteiger partial charge >= 0.3 is 0 Å². The largest absolute Gasteiger partial charge is 0.346 e. The minimum atomic E-state index is -3.33. The van der Waals surface area contributed by atoms with Crippen LogP contribution in [0.3, 0.4) is 0 Å². The van der Waals surface area contributed by atoms with Gasteiger partial charge in [0, 0.05) is 26.2 Å². The quantitative estimate of drug-likeness (QED) is 0.764. The Morgan fingerprint density at radius 3 is 2.37 bits per heavy atom. The van der Waals surface area contributed by atoms with Crippen LogP contribution in [0, 0.1) is 0 Å². The predicted octanol–water partition coefficient (Wildman–Crippen LogP) is 0.661. The summed E-state index contributed by atoms with van der Waals surface area (Å²) in [6.07, 6.45) is -0.300. The summed E-state index contributed by atoms with van der Waals surface area (Å²) in [5.74, 6) is 0. The summed E-state index contributed by atoms with van der Waals surface area (Å²) >= 11 is 0. The van der Waals surface area contributed by atoms with E-state index in [4.69, 9.17) is 4.74 Å². The second-order valence-corrected chi connectivity index (χ2v) is 7.09. The van der Waals surface area contributed by atoms with E-state index in [1.165, 1.54) is 0 Å². The number of rotatable bonds is 3. The Balaban J connectivity index is 1.70. The van der Waals surface area contributed by atoms with Crippen LogP contribution in [0.1, 0.15) is 11.7 Å². The van der Waals surface area contributed by atoms with E-state index in [0.29, 0.717) is 13.1 Å². The van der Waals surface area contributed by atoms with E-state index in [1.807, 2.05) is 37.4 Å². The van der Waals surface area contributed by atoms with Crippen LogP contribution in [0.5, 0.6) is 0 Å². The van der Waals surface area contributed by atoms with Gasteiger partial charge in [-0.05, 0) is 12.6 Å². The molecule has 0 aliphatic carbocycles. The molecule has 3 rings (SSSR count). The first kappa shape index (κ1) is 13.1. The molecule has 2 atom stereocenters. The van der Waals surface area contributed by atoms with E-state index in [1.54, 1.807) is 4.31 Å². The predicted molar refractivity (Wildman–Crippen MR) is 72.0 cm³/mol. The molecule has 0 saturated carbocycles. The fourth-order valence-electron chi connectivity index (χ4n) is 2.39. The Bertz CT molecular complexity index is 538. The summed E-state index contributed by atoms with van der Waals surface area (Å²) in [6, 6.07) is 9.53. The molecule has 1 aromatic carbocycles. The molecule has 2 heterocycles. The minimum absolute atomic E-state index is 0.300. The number of ether oxygens (including phenoxy) is 1. The molecule has 19 heavy (non-hydrogen) atoms. The zero-order valence-electron chi connectivity index (χ0n) is 10.9. The van der Waals surface area contributed by atoms with Gasteiger partial charge in [0.15, 0.2) is 0 Å². The summed E-state index contributed by atoms with van der Waals surface area (Å²) in [5.41, 5.74) is 0.239. The Kier molecular flexibility index (Phi) is 3.34. The monoisotopic (exact) mass is 282 g/mol. The molecule has 5 nitrogen and oxygen atoms in total. The van der Waals surface area contributed by atoms with E-state index < -0.39 is 15.5 Å². The lowest BCUT2D eigenvalue weighted by molar-refractivity contribution is 0.220. The average molecular weight is 282 g/mol. The van der Waals surface area contributed by atoms with Crippen LogP contribution in [0.25, 0.3) is 0 Å². The molecule has 2 aliphatic rings. The summed E-state index contributed by atoms with van der Waals surface area (Å²) < 4.78 is 31.8. The highest BCUT2D eigenvalue weighted by molar-refractivity contribution is 7.89. The van der Waals surface area contributed by atoms with E-state index >= 15 is 0 Å². The van der Waals surface area contributed by atoms with Crippen LogP contribution in [0.4, 0.5) is 0 Å². The van der Waals surface area contributed by atoms with Crippen LogP contribution >= 0.6 is 0 Å². The van der Waals surface area contributed by atoms with Gasteiger partial charge in [0.05, 0.1) is 0 Å². The number of nitrogens with zero attached hydrogens (tertiary/aromatic N) is 2. The van der Waals surface area contributed by atoms with Gasteiger partial charge in [-0.1, -0.05) is 30.3 Å². The van der Waals surface area contributed by atoms with Crippen LogP contribution in [0.15, 0.2) is 30.3 Å². The number of hydrogen-bond donors (Lipinski definition) is 0. The third-order valence-electron chi connectivity index (χ3n) is 3.70. The van der Waals surface area contributed by atoms with Gasteiger partial charge in [0.25, 0.3) is 0 Å². The van der Waals surface area contributed by atoms with Gasteiger partial charge < -0.3 is 9.64 Å². The van der Waals surface area contributed by atoms with Crippen molar-refractivity contribution in [2.75, 3.05) is 33.2 Å². The van der Waals surface area contributed by atoms with Crippen molar-refractivity contribution >= 4 is 10.0 Å². The molecule has 0 radical (unpaired) electrons. The van der Waals surface area contributed by atoms with Crippen molar-refractivity contribution in [3.8, 4) is 0 Å². The van der Waals surface area contributed by atoms with Crippen molar-refractivity contribution in [1.82, 2.24) is 9.21 Å². The number of epoxide rings is 1. The molecule has 2 saturated heterocycles. The van der Waals surface area contributed by atoms with Gasteiger partial charge in [-0.25, -0.2) is 8.42 Å². The molecule has 104 valence electrons. The van der Waals surface area contributed by atoms with Crippen LogP contribution < -0.4 is 0 Å². The van der Waals surface area contributed by atoms with E-state index in [9.17, 15) is 8.42 Å². The van der Waals surface area contributed by atoms with Crippen molar-refractivity contribution in [2.45, 2.75) is 11.5 Å². The van der Waals surface area contributed by atoms with Gasteiger partial charge in [0.2, 0.25) is 15.5 Å². The Labute approximate surface area is 113 Å². The number of piperazine rings is 1. The zero-order chi connectivity index (χ0) is 13.5. The molecule has 1 aromatic rings. The van der Waals surface area contributed by atoms with E-state index in [0.717, 1.165) is 18.7 Å². The average Bonchev–Trinajstić information content (AvgIpc) is 3.21. The fraction of sp³-hybridized carbons (Fsp3) is 0.538. The Morgan fingerprint density at radius 1 is 1.11 bits per heavy atom. The van der Waals surface area contributed by atoms with E-state index in [-0.39, 0.29) is 6.10 Å². The van der Waals surface area contributed by atoms with Crippen molar-refractivity contribution in [1.29, 1.82) is 0 Å². The van der Waals surface area contributed by atoms with Crippen molar-refractivity contribution < 1.29 is 13.2 Å². The highest BCUT2D eigenvalue weighted by atomic mass is 32.2. The van der Waals surface area contributed by atoms with Gasteiger partial charge in [-0.3, -0.25) is 0 Å². The summed E-state index contributed by atoms with van der Waals surface area (Å²) in [5, 5.41) is 0. The number of likely N-dealkylation sites (N-methyl/N-ethyl adjacent to an activating group) is 1.